The summed E-state index contributed by atoms with van der Waals surface area (Å²) >= 11 is 0. The maximum atomic E-state index is 11.4. The van der Waals surface area contributed by atoms with Crippen molar-refractivity contribution in [3.63, 3.8) is 0 Å². The molecule has 1 fully saturated rings. The number of urea groups is 1. The van der Waals surface area contributed by atoms with Crippen molar-refractivity contribution in [2.75, 3.05) is 6.54 Å². The van der Waals surface area contributed by atoms with Gasteiger partial charge in [0, 0.05) is 24.7 Å². The van der Waals surface area contributed by atoms with Crippen molar-refractivity contribution >= 4 is 12.2 Å². The summed E-state index contributed by atoms with van der Waals surface area (Å²) in [7, 11) is 0. The molecule has 0 spiro atoms. The first-order chi connectivity index (χ1) is 5.86. The minimum atomic E-state index is -0.0140. The molecule has 1 aliphatic heterocycles. The minimum Gasteiger partial charge on any atom is -0.335 e. The summed E-state index contributed by atoms with van der Waals surface area (Å²) < 4.78 is 0. The van der Waals surface area contributed by atoms with Gasteiger partial charge in [-0.1, -0.05) is 0 Å². The van der Waals surface area contributed by atoms with Gasteiger partial charge in [-0.05, 0) is 12.8 Å². The zero-order valence-corrected chi connectivity index (χ0v) is 6.73. The highest BCUT2D eigenvalue weighted by Crippen LogP contribution is 2.18. The molecule has 4 heteroatoms. The van der Waals surface area contributed by atoms with Crippen LogP contribution in [0.4, 0.5) is 4.79 Å². The summed E-state index contributed by atoms with van der Waals surface area (Å²) in [5.74, 6) is 0. The number of carbonyl (C=O) groups excluding carboxylic acids is 1. The fourth-order valence-electron chi connectivity index (χ4n) is 1.01. The first-order valence-electron chi connectivity index (χ1n) is 4.12. The Kier molecular flexibility index (Phi) is 1.81. The topological polar surface area (TPSA) is 44.7 Å². The lowest BCUT2D eigenvalue weighted by Gasteiger charge is -2.17. The lowest BCUT2D eigenvalue weighted by molar-refractivity contribution is 0.219. The third kappa shape index (κ3) is 1.64. The highest BCUT2D eigenvalue weighted by Gasteiger charge is 2.25. The molecule has 1 N–H and O–H groups in total. The number of hydrogen-bond donors (Lipinski definition) is 1. The quantitative estimate of drug-likeness (QED) is 0.611. The van der Waals surface area contributed by atoms with Gasteiger partial charge in [-0.2, -0.15) is 0 Å². The molecule has 1 saturated carbocycles. The van der Waals surface area contributed by atoms with Crippen LogP contribution in [-0.2, 0) is 0 Å². The van der Waals surface area contributed by atoms with Gasteiger partial charge in [-0.15, -0.1) is 0 Å². The van der Waals surface area contributed by atoms with Crippen molar-refractivity contribution in [2.45, 2.75) is 18.9 Å². The molecule has 0 unspecified atom stereocenters. The molecule has 0 aromatic rings. The van der Waals surface area contributed by atoms with Gasteiger partial charge >= 0.3 is 6.03 Å². The summed E-state index contributed by atoms with van der Waals surface area (Å²) in [6, 6.07) is 0.407. The van der Waals surface area contributed by atoms with E-state index in [9.17, 15) is 4.79 Å². The van der Waals surface area contributed by atoms with Gasteiger partial charge in [0.15, 0.2) is 0 Å². The second-order valence-corrected chi connectivity index (χ2v) is 3.01. The van der Waals surface area contributed by atoms with Crippen LogP contribution in [0.5, 0.6) is 0 Å². The Balaban J connectivity index is 1.86. The summed E-state index contributed by atoms with van der Waals surface area (Å²) in [5.41, 5.74) is 0. The molecule has 2 rings (SSSR count). The molecular weight excluding hydrogens is 154 g/mol. The molecule has 0 saturated heterocycles. The van der Waals surface area contributed by atoms with Gasteiger partial charge in [-0.3, -0.25) is 9.89 Å². The van der Waals surface area contributed by atoms with E-state index in [0.29, 0.717) is 12.6 Å². The zero-order valence-electron chi connectivity index (χ0n) is 6.73. The second-order valence-electron chi connectivity index (χ2n) is 3.01. The number of aliphatic imine (C=N–C) groups is 1. The van der Waals surface area contributed by atoms with Gasteiger partial charge in [0.25, 0.3) is 0 Å². The van der Waals surface area contributed by atoms with Gasteiger partial charge in [0.1, 0.15) is 0 Å². The van der Waals surface area contributed by atoms with Crippen molar-refractivity contribution in [3.8, 4) is 0 Å². The van der Waals surface area contributed by atoms with E-state index in [-0.39, 0.29) is 6.03 Å². The standard InChI is InChI=1S/C8H11N3O/c12-8(10-7-1-2-7)11-5-3-9-4-6-11/h3-5,7H,1-2,6H2,(H,10,12). The molecule has 0 radical (unpaired) electrons. The van der Waals surface area contributed by atoms with E-state index in [1.165, 1.54) is 0 Å². The zero-order chi connectivity index (χ0) is 8.39. The smallest absolute Gasteiger partial charge is 0.322 e. The molecular formula is C8H11N3O. The minimum absolute atomic E-state index is 0.0140. The van der Waals surface area contributed by atoms with Gasteiger partial charge in [0.05, 0.1) is 6.54 Å². The molecule has 0 atom stereocenters. The van der Waals surface area contributed by atoms with Gasteiger partial charge in [0.2, 0.25) is 0 Å². The Morgan fingerprint density at radius 3 is 3.00 bits per heavy atom. The Labute approximate surface area is 71.0 Å². The molecule has 2 amide bonds. The lowest BCUT2D eigenvalue weighted by Crippen LogP contribution is -2.39. The first kappa shape index (κ1) is 7.34. The maximum Gasteiger partial charge on any atom is 0.322 e. The SMILES string of the molecule is O=C(NC1CC1)N1C=CN=CC1. The van der Waals surface area contributed by atoms with E-state index < -0.39 is 0 Å². The van der Waals surface area contributed by atoms with Gasteiger partial charge < -0.3 is 5.32 Å². The fraction of sp³-hybridized carbons (Fsp3) is 0.500. The number of carbonyl (C=O) groups is 1. The van der Waals surface area contributed by atoms with Crippen LogP contribution in [-0.4, -0.2) is 29.7 Å². The van der Waals surface area contributed by atoms with Crippen LogP contribution >= 0.6 is 0 Å². The molecule has 4 nitrogen and oxygen atoms in total. The first-order valence-corrected chi connectivity index (χ1v) is 4.12. The van der Waals surface area contributed by atoms with Crippen molar-refractivity contribution in [1.29, 1.82) is 0 Å². The van der Waals surface area contributed by atoms with E-state index in [0.717, 1.165) is 12.8 Å². The molecule has 2 aliphatic rings. The predicted molar refractivity (Wildman–Crippen MR) is 45.9 cm³/mol. The highest BCUT2D eigenvalue weighted by atomic mass is 16.2. The van der Waals surface area contributed by atoms with Crippen LogP contribution in [0.3, 0.4) is 0 Å². The van der Waals surface area contributed by atoms with Crippen LogP contribution in [0.2, 0.25) is 0 Å². The largest absolute Gasteiger partial charge is 0.335 e. The molecule has 0 bridgehead atoms. The van der Waals surface area contributed by atoms with E-state index in [1.54, 1.807) is 23.5 Å². The highest BCUT2D eigenvalue weighted by molar-refractivity contribution is 5.80. The predicted octanol–water partition coefficient (Wildman–Crippen LogP) is 0.716. The molecule has 64 valence electrons. The summed E-state index contributed by atoms with van der Waals surface area (Å²) in [6.07, 6.45) is 7.27. The normalized spacial score (nSPS) is 21.2. The Morgan fingerprint density at radius 2 is 2.42 bits per heavy atom. The van der Waals surface area contributed by atoms with Crippen molar-refractivity contribution < 1.29 is 4.79 Å². The Morgan fingerprint density at radius 1 is 1.58 bits per heavy atom. The number of nitrogens with one attached hydrogen (secondary N) is 1. The third-order valence-electron chi connectivity index (χ3n) is 1.88. The summed E-state index contributed by atoms with van der Waals surface area (Å²) in [6.45, 7) is 0.578. The van der Waals surface area contributed by atoms with Crippen molar-refractivity contribution in [3.05, 3.63) is 12.4 Å². The molecule has 1 heterocycles. The average Bonchev–Trinajstić information content (AvgIpc) is 2.90. The Hall–Kier alpha value is -1.32. The van der Waals surface area contributed by atoms with E-state index in [2.05, 4.69) is 10.3 Å². The number of nitrogens with zero attached hydrogens (tertiary/aromatic N) is 2. The number of amides is 2. The average molecular weight is 165 g/mol. The molecule has 1 aliphatic carbocycles. The van der Waals surface area contributed by atoms with Gasteiger partial charge in [-0.25, -0.2) is 4.79 Å². The monoisotopic (exact) mass is 165 g/mol. The maximum absolute atomic E-state index is 11.4. The van der Waals surface area contributed by atoms with Crippen molar-refractivity contribution in [2.24, 2.45) is 4.99 Å². The molecule has 0 aromatic heterocycles. The summed E-state index contributed by atoms with van der Waals surface area (Å²) in [4.78, 5) is 16.8. The number of hydrogen-bond acceptors (Lipinski definition) is 2. The van der Waals surface area contributed by atoms with E-state index >= 15 is 0 Å². The molecule has 12 heavy (non-hydrogen) atoms. The van der Waals surface area contributed by atoms with Crippen LogP contribution in [0.1, 0.15) is 12.8 Å². The third-order valence-corrected chi connectivity index (χ3v) is 1.88. The van der Waals surface area contributed by atoms with E-state index in [1.807, 2.05) is 0 Å². The second kappa shape index (κ2) is 2.97. The van der Waals surface area contributed by atoms with Crippen LogP contribution in [0.25, 0.3) is 0 Å². The fourth-order valence-corrected chi connectivity index (χ4v) is 1.01. The molecule has 0 aromatic carbocycles. The Bertz CT molecular complexity index is 243. The lowest BCUT2D eigenvalue weighted by atomic mass is 10.5. The van der Waals surface area contributed by atoms with Crippen LogP contribution < -0.4 is 5.32 Å². The van der Waals surface area contributed by atoms with Crippen LogP contribution in [0.15, 0.2) is 17.4 Å². The van der Waals surface area contributed by atoms with E-state index in [4.69, 9.17) is 0 Å². The van der Waals surface area contributed by atoms with Crippen molar-refractivity contribution in [1.82, 2.24) is 10.2 Å². The summed E-state index contributed by atoms with van der Waals surface area (Å²) in [5, 5.41) is 2.90. The number of rotatable bonds is 1. The van der Waals surface area contributed by atoms with Crippen LogP contribution in [0, 0.1) is 0 Å².